The maximum Gasteiger partial charge on any atom is 0.157 e. The van der Waals surface area contributed by atoms with Crippen LogP contribution in [-0.4, -0.2) is 19.3 Å². The van der Waals surface area contributed by atoms with Gasteiger partial charge in [-0.25, -0.2) is 8.42 Å². The Balaban J connectivity index is 2.13. The molecule has 0 amide bonds. The average Bonchev–Trinajstić information content (AvgIpc) is 2.46. The van der Waals surface area contributed by atoms with Gasteiger partial charge in [-0.05, 0) is 22.1 Å². The SMILES string of the molecule is CC(C)(C)c1cccc(CS(=O)(=O)CC(O)c2ccccc2)c1. The van der Waals surface area contributed by atoms with Crippen LogP contribution in [0.5, 0.6) is 0 Å². The minimum atomic E-state index is -3.39. The second kappa shape index (κ2) is 6.85. The van der Waals surface area contributed by atoms with E-state index in [-0.39, 0.29) is 16.9 Å². The number of benzene rings is 2. The summed E-state index contributed by atoms with van der Waals surface area (Å²) in [4.78, 5) is 0. The molecular weight excluding hydrogens is 308 g/mol. The normalized spacial score (nSPS) is 13.7. The summed E-state index contributed by atoms with van der Waals surface area (Å²) in [5, 5.41) is 10.1. The Morgan fingerprint density at radius 1 is 1.00 bits per heavy atom. The predicted molar refractivity (Wildman–Crippen MR) is 94.0 cm³/mol. The molecule has 1 atom stereocenters. The molecular formula is C19H24O3S. The first-order valence-corrected chi connectivity index (χ1v) is 9.52. The fraction of sp³-hybridized carbons (Fsp3) is 0.368. The molecule has 23 heavy (non-hydrogen) atoms. The van der Waals surface area contributed by atoms with Gasteiger partial charge in [0.15, 0.2) is 9.84 Å². The fourth-order valence-corrected chi connectivity index (χ4v) is 3.93. The summed E-state index contributed by atoms with van der Waals surface area (Å²) in [6, 6.07) is 16.5. The predicted octanol–water partition coefficient (Wildman–Crippen LogP) is 3.63. The molecule has 0 saturated carbocycles. The van der Waals surface area contributed by atoms with E-state index in [9.17, 15) is 13.5 Å². The van der Waals surface area contributed by atoms with Crippen molar-refractivity contribution in [2.24, 2.45) is 0 Å². The standard InChI is InChI=1S/C19H24O3S/c1-19(2,3)17-11-7-8-15(12-17)13-23(21,22)14-18(20)16-9-5-4-6-10-16/h4-12,18,20H,13-14H2,1-3H3. The van der Waals surface area contributed by atoms with Crippen molar-refractivity contribution >= 4 is 9.84 Å². The van der Waals surface area contributed by atoms with Gasteiger partial charge in [0.05, 0.1) is 17.6 Å². The van der Waals surface area contributed by atoms with Crippen LogP contribution in [0.2, 0.25) is 0 Å². The third kappa shape index (κ3) is 5.19. The van der Waals surface area contributed by atoms with E-state index in [0.717, 1.165) is 11.1 Å². The van der Waals surface area contributed by atoms with Gasteiger partial charge in [-0.3, -0.25) is 0 Å². The molecule has 0 radical (unpaired) electrons. The number of sulfone groups is 1. The zero-order chi connectivity index (χ0) is 17.1. The van der Waals surface area contributed by atoms with Crippen molar-refractivity contribution in [3.05, 3.63) is 71.3 Å². The molecule has 3 nitrogen and oxygen atoms in total. The third-order valence-corrected chi connectivity index (χ3v) is 5.37. The van der Waals surface area contributed by atoms with E-state index in [1.54, 1.807) is 24.3 Å². The quantitative estimate of drug-likeness (QED) is 0.909. The lowest BCUT2D eigenvalue weighted by atomic mass is 9.86. The van der Waals surface area contributed by atoms with Crippen LogP contribution in [0.25, 0.3) is 0 Å². The minimum absolute atomic E-state index is 0.0245. The molecule has 1 N–H and O–H groups in total. The fourth-order valence-electron chi connectivity index (χ4n) is 2.45. The highest BCUT2D eigenvalue weighted by atomic mass is 32.2. The van der Waals surface area contributed by atoms with Crippen molar-refractivity contribution in [2.75, 3.05) is 5.75 Å². The first-order chi connectivity index (χ1) is 10.7. The molecule has 1 unspecified atom stereocenters. The Bertz CT molecular complexity index is 744. The van der Waals surface area contributed by atoms with Crippen molar-refractivity contribution < 1.29 is 13.5 Å². The molecule has 4 heteroatoms. The van der Waals surface area contributed by atoms with Gasteiger partial charge in [0.25, 0.3) is 0 Å². The molecule has 2 rings (SSSR count). The van der Waals surface area contributed by atoms with E-state index in [1.165, 1.54) is 0 Å². The maximum absolute atomic E-state index is 12.4. The lowest BCUT2D eigenvalue weighted by molar-refractivity contribution is 0.201. The Morgan fingerprint density at radius 2 is 1.65 bits per heavy atom. The molecule has 0 spiro atoms. The highest BCUT2D eigenvalue weighted by Crippen LogP contribution is 2.24. The highest BCUT2D eigenvalue weighted by Gasteiger charge is 2.20. The largest absolute Gasteiger partial charge is 0.387 e. The zero-order valence-corrected chi connectivity index (χ0v) is 14.7. The van der Waals surface area contributed by atoms with Gasteiger partial charge >= 0.3 is 0 Å². The Kier molecular flexibility index (Phi) is 5.27. The Morgan fingerprint density at radius 3 is 2.26 bits per heavy atom. The molecule has 0 heterocycles. The van der Waals surface area contributed by atoms with Crippen molar-refractivity contribution in [3.8, 4) is 0 Å². The molecule has 2 aromatic carbocycles. The lowest BCUT2D eigenvalue weighted by Gasteiger charge is -2.20. The van der Waals surface area contributed by atoms with Crippen molar-refractivity contribution in [2.45, 2.75) is 38.0 Å². The second-order valence-electron chi connectivity index (χ2n) is 6.93. The van der Waals surface area contributed by atoms with Crippen LogP contribution in [-0.2, 0) is 21.0 Å². The monoisotopic (exact) mass is 332 g/mol. The smallest absolute Gasteiger partial charge is 0.157 e. The van der Waals surface area contributed by atoms with Gasteiger partial charge in [0.1, 0.15) is 0 Å². The van der Waals surface area contributed by atoms with E-state index in [0.29, 0.717) is 5.56 Å². The second-order valence-corrected chi connectivity index (χ2v) is 9.04. The van der Waals surface area contributed by atoms with Crippen molar-refractivity contribution in [1.82, 2.24) is 0 Å². The van der Waals surface area contributed by atoms with Gasteiger partial charge in [-0.2, -0.15) is 0 Å². The van der Waals surface area contributed by atoms with E-state index in [2.05, 4.69) is 20.8 Å². The van der Waals surface area contributed by atoms with E-state index < -0.39 is 15.9 Å². The first kappa shape index (κ1) is 17.7. The molecule has 0 aliphatic rings. The van der Waals surface area contributed by atoms with E-state index >= 15 is 0 Å². The van der Waals surface area contributed by atoms with Crippen LogP contribution in [0.4, 0.5) is 0 Å². The summed E-state index contributed by atoms with van der Waals surface area (Å²) < 4.78 is 24.8. The van der Waals surface area contributed by atoms with Gasteiger partial charge in [0.2, 0.25) is 0 Å². The lowest BCUT2D eigenvalue weighted by Crippen LogP contribution is -2.17. The first-order valence-electron chi connectivity index (χ1n) is 7.70. The van der Waals surface area contributed by atoms with E-state index in [1.807, 2.05) is 30.3 Å². The molecule has 0 bridgehead atoms. The van der Waals surface area contributed by atoms with Gasteiger partial charge in [0, 0.05) is 0 Å². The topological polar surface area (TPSA) is 54.4 Å². The third-order valence-electron chi connectivity index (χ3n) is 3.78. The van der Waals surface area contributed by atoms with Crippen LogP contribution >= 0.6 is 0 Å². The van der Waals surface area contributed by atoms with Crippen molar-refractivity contribution in [1.29, 1.82) is 0 Å². The average molecular weight is 332 g/mol. The maximum atomic E-state index is 12.4. The summed E-state index contributed by atoms with van der Waals surface area (Å²) in [6.07, 6.45) is -0.994. The number of hydrogen-bond donors (Lipinski definition) is 1. The molecule has 0 saturated heterocycles. The number of aliphatic hydroxyl groups is 1. The van der Waals surface area contributed by atoms with Gasteiger partial charge < -0.3 is 5.11 Å². The molecule has 2 aromatic rings. The molecule has 0 fully saturated rings. The number of rotatable bonds is 5. The van der Waals surface area contributed by atoms with Crippen molar-refractivity contribution in [3.63, 3.8) is 0 Å². The number of aliphatic hydroxyl groups excluding tert-OH is 1. The summed E-state index contributed by atoms with van der Waals surface area (Å²) in [7, 11) is -3.39. The van der Waals surface area contributed by atoms with Gasteiger partial charge in [-0.15, -0.1) is 0 Å². The molecule has 0 aliphatic heterocycles. The number of hydrogen-bond acceptors (Lipinski definition) is 3. The Hall–Kier alpha value is -1.65. The molecule has 0 aliphatic carbocycles. The van der Waals surface area contributed by atoms with Crippen LogP contribution < -0.4 is 0 Å². The molecule has 124 valence electrons. The Labute approximate surface area is 138 Å². The summed E-state index contributed by atoms with van der Waals surface area (Å²) in [5.74, 6) is -0.322. The van der Waals surface area contributed by atoms with Crippen LogP contribution in [0.3, 0.4) is 0 Å². The van der Waals surface area contributed by atoms with Gasteiger partial charge in [-0.1, -0.05) is 75.4 Å². The summed E-state index contributed by atoms with van der Waals surface area (Å²) in [6.45, 7) is 6.29. The van der Waals surface area contributed by atoms with Crippen LogP contribution in [0.15, 0.2) is 54.6 Å². The highest BCUT2D eigenvalue weighted by molar-refractivity contribution is 7.90. The minimum Gasteiger partial charge on any atom is -0.387 e. The summed E-state index contributed by atoms with van der Waals surface area (Å²) >= 11 is 0. The van der Waals surface area contributed by atoms with Crippen LogP contribution in [0.1, 0.15) is 43.6 Å². The van der Waals surface area contributed by atoms with Crippen LogP contribution in [0, 0.1) is 0 Å². The molecule has 0 aromatic heterocycles. The zero-order valence-electron chi connectivity index (χ0n) is 13.9. The van der Waals surface area contributed by atoms with E-state index in [4.69, 9.17) is 0 Å². The summed E-state index contributed by atoms with van der Waals surface area (Å²) in [5.41, 5.74) is 2.47.